The molecule has 0 aromatic heterocycles. The van der Waals surface area contributed by atoms with Crippen molar-refractivity contribution in [2.24, 2.45) is 0 Å². The molecule has 34 heavy (non-hydrogen) atoms. The summed E-state index contributed by atoms with van der Waals surface area (Å²) in [6.45, 7) is 10.8. The first-order valence-corrected chi connectivity index (χ1v) is 10.8. The van der Waals surface area contributed by atoms with Crippen LogP contribution in [0.25, 0.3) is 21.5 Å². The molecule has 0 fully saturated rings. The van der Waals surface area contributed by atoms with E-state index < -0.39 is 11.9 Å². The third kappa shape index (κ3) is 5.67. The molecule has 0 heterocycles. The van der Waals surface area contributed by atoms with E-state index in [0.29, 0.717) is 28.4 Å². The Bertz CT molecular complexity index is 1240. The van der Waals surface area contributed by atoms with E-state index >= 15 is 0 Å². The molecular formula is C27H28O7. The predicted octanol–water partition coefficient (Wildman–Crippen LogP) is 5.00. The summed E-state index contributed by atoms with van der Waals surface area (Å²) in [6, 6.07) is 13.3. The number of methoxy groups -OCH3 is 1. The van der Waals surface area contributed by atoms with Crippen molar-refractivity contribution in [2.75, 3.05) is 33.5 Å². The molecule has 0 saturated carbocycles. The van der Waals surface area contributed by atoms with Gasteiger partial charge in [-0.2, -0.15) is 0 Å². The van der Waals surface area contributed by atoms with Gasteiger partial charge in [0.2, 0.25) is 0 Å². The van der Waals surface area contributed by atoms with Crippen LogP contribution >= 0.6 is 0 Å². The van der Waals surface area contributed by atoms with Gasteiger partial charge in [0.25, 0.3) is 0 Å². The summed E-state index contributed by atoms with van der Waals surface area (Å²) in [4.78, 5) is 23.3. The third-order valence-corrected chi connectivity index (χ3v) is 4.96. The molecule has 3 aromatic carbocycles. The van der Waals surface area contributed by atoms with Gasteiger partial charge in [-0.15, -0.1) is 0 Å². The highest BCUT2D eigenvalue weighted by atomic mass is 16.6. The van der Waals surface area contributed by atoms with E-state index in [4.69, 9.17) is 23.7 Å². The van der Waals surface area contributed by atoms with Gasteiger partial charge in [0.1, 0.15) is 43.7 Å². The minimum Gasteiger partial charge on any atom is -0.497 e. The third-order valence-electron chi connectivity index (χ3n) is 4.96. The highest BCUT2D eigenvalue weighted by Gasteiger charge is 2.17. The van der Waals surface area contributed by atoms with Crippen LogP contribution in [0.2, 0.25) is 0 Å². The second-order valence-corrected chi connectivity index (χ2v) is 7.64. The quantitative estimate of drug-likeness (QED) is 0.171. The fraction of sp³-hybridized carbons (Fsp3) is 0.259. The van der Waals surface area contributed by atoms with Crippen LogP contribution in [-0.4, -0.2) is 45.5 Å². The number of ether oxygens (including phenoxy) is 5. The highest BCUT2D eigenvalue weighted by Crippen LogP contribution is 2.43. The molecule has 3 rings (SSSR count). The van der Waals surface area contributed by atoms with Crippen LogP contribution in [0.1, 0.15) is 13.8 Å². The molecule has 0 atom stereocenters. The number of esters is 2. The minimum atomic E-state index is -0.462. The molecular weight excluding hydrogens is 436 g/mol. The first-order chi connectivity index (χ1) is 16.3. The Hall–Kier alpha value is -4.00. The van der Waals surface area contributed by atoms with Crippen LogP contribution < -0.4 is 14.2 Å². The molecule has 0 N–H and O–H groups in total. The fourth-order valence-electron chi connectivity index (χ4n) is 3.32. The number of hydrogen-bond acceptors (Lipinski definition) is 7. The van der Waals surface area contributed by atoms with E-state index in [2.05, 4.69) is 13.2 Å². The summed E-state index contributed by atoms with van der Waals surface area (Å²) in [5.41, 5.74) is 0.662. The lowest BCUT2D eigenvalue weighted by molar-refractivity contribution is -0.140. The van der Waals surface area contributed by atoms with E-state index in [-0.39, 0.29) is 26.4 Å². The van der Waals surface area contributed by atoms with E-state index in [1.165, 1.54) is 0 Å². The number of carbonyl (C=O) groups excluding carboxylic acids is 2. The normalized spacial score (nSPS) is 10.6. The molecule has 0 aliphatic carbocycles. The Morgan fingerprint density at radius 2 is 1.18 bits per heavy atom. The number of hydrogen-bond donors (Lipinski definition) is 0. The van der Waals surface area contributed by atoms with Crippen LogP contribution in [0.5, 0.6) is 17.2 Å². The van der Waals surface area contributed by atoms with E-state index in [9.17, 15) is 9.59 Å². The first kappa shape index (κ1) is 24.6. The predicted molar refractivity (Wildman–Crippen MR) is 131 cm³/mol. The highest BCUT2D eigenvalue weighted by molar-refractivity contribution is 6.11. The molecule has 7 nitrogen and oxygen atoms in total. The molecule has 178 valence electrons. The number of carbonyl (C=O) groups is 2. The van der Waals surface area contributed by atoms with Gasteiger partial charge in [-0.1, -0.05) is 37.4 Å². The van der Waals surface area contributed by atoms with Crippen LogP contribution in [-0.2, 0) is 19.1 Å². The largest absolute Gasteiger partial charge is 0.497 e. The average Bonchev–Trinajstić information content (AvgIpc) is 2.83. The van der Waals surface area contributed by atoms with Crippen molar-refractivity contribution < 1.29 is 33.3 Å². The molecule has 0 aliphatic rings. The van der Waals surface area contributed by atoms with Gasteiger partial charge in [-0.05, 0) is 32.0 Å². The van der Waals surface area contributed by atoms with Crippen LogP contribution in [0.3, 0.4) is 0 Å². The Labute approximate surface area is 198 Å². The Morgan fingerprint density at radius 1 is 0.706 bits per heavy atom. The topological polar surface area (TPSA) is 80.3 Å². The smallest absolute Gasteiger partial charge is 0.333 e. The van der Waals surface area contributed by atoms with Gasteiger partial charge < -0.3 is 23.7 Å². The average molecular weight is 465 g/mol. The molecule has 0 amide bonds. The molecule has 0 bridgehead atoms. The zero-order valence-electron chi connectivity index (χ0n) is 19.6. The lowest BCUT2D eigenvalue weighted by atomic mass is 10.00. The maximum Gasteiger partial charge on any atom is 0.333 e. The minimum absolute atomic E-state index is 0.0812. The van der Waals surface area contributed by atoms with E-state index in [0.717, 1.165) is 21.5 Å². The van der Waals surface area contributed by atoms with E-state index in [1.807, 2.05) is 42.5 Å². The van der Waals surface area contributed by atoms with Crippen molar-refractivity contribution in [1.29, 1.82) is 0 Å². The van der Waals surface area contributed by atoms with Crippen molar-refractivity contribution >= 4 is 33.5 Å². The Kier molecular flexibility index (Phi) is 8.14. The summed E-state index contributed by atoms with van der Waals surface area (Å²) in [5.74, 6) is 0.996. The van der Waals surface area contributed by atoms with Gasteiger partial charge in [0.05, 0.1) is 7.11 Å². The molecule has 0 unspecified atom stereocenters. The van der Waals surface area contributed by atoms with E-state index in [1.54, 1.807) is 21.0 Å². The van der Waals surface area contributed by atoms with Crippen molar-refractivity contribution in [3.63, 3.8) is 0 Å². The summed E-state index contributed by atoms with van der Waals surface area (Å²) in [5, 5.41) is 3.24. The van der Waals surface area contributed by atoms with Gasteiger partial charge in [0.15, 0.2) is 0 Å². The summed E-state index contributed by atoms with van der Waals surface area (Å²) in [7, 11) is 1.59. The van der Waals surface area contributed by atoms with Gasteiger partial charge in [-0.25, -0.2) is 9.59 Å². The standard InChI is InChI=1S/C27H28O7/c1-17(2)26(28)33-14-12-31-24-20-8-6-7-9-21(20)25(32-13-15-34-27(29)18(3)4)23-16-19(30-5)10-11-22(23)24/h6-11,16H,1,3,12-15H2,2,4-5H3. The number of benzene rings is 3. The maximum atomic E-state index is 11.7. The summed E-state index contributed by atoms with van der Waals surface area (Å²) < 4.78 is 27.9. The molecule has 0 radical (unpaired) electrons. The van der Waals surface area contributed by atoms with Crippen molar-refractivity contribution in [2.45, 2.75) is 13.8 Å². The van der Waals surface area contributed by atoms with Crippen LogP contribution in [0.15, 0.2) is 66.8 Å². The lowest BCUT2D eigenvalue weighted by Gasteiger charge is -2.18. The van der Waals surface area contributed by atoms with Crippen molar-refractivity contribution in [3.05, 3.63) is 66.8 Å². The van der Waals surface area contributed by atoms with Gasteiger partial charge in [0, 0.05) is 32.7 Å². The number of rotatable bonds is 11. The summed E-state index contributed by atoms with van der Waals surface area (Å²) in [6.07, 6.45) is 0. The second-order valence-electron chi connectivity index (χ2n) is 7.64. The Morgan fingerprint density at radius 3 is 1.65 bits per heavy atom. The van der Waals surface area contributed by atoms with Crippen molar-refractivity contribution in [3.8, 4) is 17.2 Å². The summed E-state index contributed by atoms with van der Waals surface area (Å²) >= 11 is 0. The number of fused-ring (bicyclic) bond motifs is 2. The second kappa shape index (κ2) is 11.2. The van der Waals surface area contributed by atoms with Gasteiger partial charge >= 0.3 is 11.9 Å². The molecule has 0 saturated heterocycles. The zero-order chi connectivity index (χ0) is 24.7. The van der Waals surface area contributed by atoms with Crippen LogP contribution in [0, 0.1) is 0 Å². The van der Waals surface area contributed by atoms with Gasteiger partial charge in [-0.3, -0.25) is 0 Å². The molecule has 0 aliphatic heterocycles. The molecule has 3 aromatic rings. The van der Waals surface area contributed by atoms with Crippen LogP contribution in [0.4, 0.5) is 0 Å². The lowest BCUT2D eigenvalue weighted by Crippen LogP contribution is -2.13. The SMILES string of the molecule is C=C(C)C(=O)OCCOc1c2ccccc2c(OCCOC(=O)C(=C)C)c2cc(OC)ccc12. The maximum absolute atomic E-state index is 11.7. The molecule has 7 heteroatoms. The monoisotopic (exact) mass is 464 g/mol. The fourth-order valence-corrected chi connectivity index (χ4v) is 3.32. The first-order valence-electron chi connectivity index (χ1n) is 10.8. The Balaban J connectivity index is 1.95. The molecule has 0 spiro atoms. The van der Waals surface area contributed by atoms with Crippen molar-refractivity contribution in [1.82, 2.24) is 0 Å². The zero-order valence-corrected chi connectivity index (χ0v) is 19.6.